The highest BCUT2D eigenvalue weighted by atomic mass is 16.7. The van der Waals surface area contributed by atoms with Crippen LogP contribution in [0.5, 0.6) is 0 Å². The van der Waals surface area contributed by atoms with E-state index in [1.807, 2.05) is 12.2 Å². The number of rotatable bonds is 11. The van der Waals surface area contributed by atoms with Gasteiger partial charge in [0.15, 0.2) is 0 Å². The van der Waals surface area contributed by atoms with E-state index in [1.54, 1.807) is 14.2 Å². The van der Waals surface area contributed by atoms with Crippen LogP contribution in [0.1, 0.15) is 53.4 Å². The van der Waals surface area contributed by atoms with Crippen LogP contribution in [-0.4, -0.2) is 39.0 Å². The number of ketones is 1. The van der Waals surface area contributed by atoms with Gasteiger partial charge in [0.05, 0.1) is 17.9 Å². The Balaban J connectivity index is 2.55. The highest BCUT2D eigenvalue weighted by Crippen LogP contribution is 2.54. The summed E-state index contributed by atoms with van der Waals surface area (Å²) in [5.74, 6) is 0.805. The lowest BCUT2D eigenvalue weighted by molar-refractivity contribution is -0.182. The van der Waals surface area contributed by atoms with Crippen molar-refractivity contribution < 1.29 is 19.0 Å². The van der Waals surface area contributed by atoms with Crippen LogP contribution < -0.4 is 0 Å². The molecule has 1 fully saturated rings. The summed E-state index contributed by atoms with van der Waals surface area (Å²) in [7, 11) is 3.29. The maximum Gasteiger partial charge on any atom is 0.149 e. The maximum absolute atomic E-state index is 14.3. The van der Waals surface area contributed by atoms with Crippen LogP contribution in [0.4, 0.5) is 0 Å². The molecule has 2 aliphatic rings. The van der Waals surface area contributed by atoms with E-state index in [1.165, 1.54) is 5.57 Å². The van der Waals surface area contributed by atoms with E-state index >= 15 is 0 Å². The van der Waals surface area contributed by atoms with Gasteiger partial charge in [-0.1, -0.05) is 45.1 Å². The smallest absolute Gasteiger partial charge is 0.149 e. The van der Waals surface area contributed by atoms with Crippen LogP contribution in [0.3, 0.4) is 0 Å². The van der Waals surface area contributed by atoms with E-state index in [0.717, 1.165) is 31.3 Å². The molecule has 0 bridgehead atoms. The van der Waals surface area contributed by atoms with Gasteiger partial charge in [0.1, 0.15) is 18.2 Å². The van der Waals surface area contributed by atoms with Crippen molar-refractivity contribution >= 4 is 5.78 Å². The number of carbonyl (C=O) groups excluding carboxylic acids is 1. The lowest BCUT2D eigenvalue weighted by Crippen LogP contribution is -2.51. The lowest BCUT2D eigenvalue weighted by Gasteiger charge is -2.41. The van der Waals surface area contributed by atoms with Crippen molar-refractivity contribution in [3.63, 3.8) is 0 Å². The monoisotopic (exact) mass is 404 g/mol. The minimum atomic E-state index is -0.667. The van der Waals surface area contributed by atoms with Gasteiger partial charge in [-0.05, 0) is 55.9 Å². The van der Waals surface area contributed by atoms with Gasteiger partial charge in [-0.15, -0.1) is 6.58 Å². The summed E-state index contributed by atoms with van der Waals surface area (Å²) in [6, 6.07) is 0. The standard InChI is InChI=1S/C25H40O4/c1-9-18(5)20-12-14-25(15-27-7,29-16-28-8)22(20)23(26)24(6)13-11-19(17(3)4)21(24)10-2/h9-10,17-18,20,22H,1-2,11-16H2,3-8H3/t18-,20-,22+,24-,25-/m0/s1. The molecule has 0 heterocycles. The Kier molecular flexibility index (Phi) is 8.06. The molecule has 1 saturated carbocycles. The topological polar surface area (TPSA) is 44.8 Å². The Bertz CT molecular complexity index is 649. The second-order valence-electron chi connectivity index (χ2n) is 9.32. The van der Waals surface area contributed by atoms with Crippen molar-refractivity contribution in [1.29, 1.82) is 0 Å². The SMILES string of the molecule is C=CC1=C(C(C)C)CC[C@]1(C)C(=O)[C@H]1[C@H]([C@@H](C)C=C)CC[C@@]1(COC)OCOC. The number of ether oxygens (including phenoxy) is 3. The van der Waals surface area contributed by atoms with E-state index in [2.05, 4.69) is 40.9 Å². The van der Waals surface area contributed by atoms with Crippen molar-refractivity contribution in [2.24, 2.45) is 29.1 Å². The van der Waals surface area contributed by atoms with Crippen molar-refractivity contribution in [2.75, 3.05) is 27.6 Å². The van der Waals surface area contributed by atoms with Gasteiger partial charge in [0, 0.05) is 14.2 Å². The molecule has 164 valence electrons. The van der Waals surface area contributed by atoms with E-state index in [0.29, 0.717) is 12.5 Å². The van der Waals surface area contributed by atoms with Crippen molar-refractivity contribution in [3.8, 4) is 0 Å². The Morgan fingerprint density at radius 2 is 1.90 bits per heavy atom. The molecule has 0 spiro atoms. The van der Waals surface area contributed by atoms with Crippen molar-refractivity contribution in [1.82, 2.24) is 0 Å². The number of Topliss-reactive ketones (excluding diaryl/α,β-unsaturated/α-hetero) is 1. The molecule has 0 unspecified atom stereocenters. The molecule has 29 heavy (non-hydrogen) atoms. The molecule has 2 aliphatic carbocycles. The third kappa shape index (κ3) is 4.30. The fraction of sp³-hybridized carbons (Fsp3) is 0.720. The summed E-state index contributed by atoms with van der Waals surface area (Å²) in [5.41, 5.74) is 1.27. The molecule has 0 amide bonds. The molecule has 2 rings (SSSR count). The predicted molar refractivity (Wildman–Crippen MR) is 118 cm³/mol. The summed E-state index contributed by atoms with van der Waals surface area (Å²) >= 11 is 0. The summed E-state index contributed by atoms with van der Waals surface area (Å²) in [5, 5.41) is 0. The van der Waals surface area contributed by atoms with Gasteiger partial charge in [0.25, 0.3) is 0 Å². The first-order valence-corrected chi connectivity index (χ1v) is 10.9. The molecule has 0 N–H and O–H groups in total. The summed E-state index contributed by atoms with van der Waals surface area (Å²) in [4.78, 5) is 14.3. The minimum Gasteiger partial charge on any atom is -0.382 e. The number of allylic oxidation sites excluding steroid dienone is 4. The van der Waals surface area contributed by atoms with Gasteiger partial charge in [-0.25, -0.2) is 0 Å². The first kappa shape index (κ1) is 24.0. The fourth-order valence-corrected chi connectivity index (χ4v) is 5.65. The Morgan fingerprint density at radius 3 is 2.41 bits per heavy atom. The number of hydrogen-bond donors (Lipinski definition) is 0. The molecule has 0 radical (unpaired) electrons. The number of carbonyl (C=O) groups is 1. The minimum absolute atomic E-state index is 0.153. The van der Waals surface area contributed by atoms with E-state index < -0.39 is 11.0 Å². The predicted octanol–water partition coefficient (Wildman–Crippen LogP) is 5.35. The van der Waals surface area contributed by atoms with Gasteiger partial charge in [-0.3, -0.25) is 4.79 Å². The normalized spacial score (nSPS) is 33.3. The second kappa shape index (κ2) is 9.72. The van der Waals surface area contributed by atoms with Gasteiger partial charge >= 0.3 is 0 Å². The van der Waals surface area contributed by atoms with Crippen LogP contribution >= 0.6 is 0 Å². The van der Waals surface area contributed by atoms with Crippen LogP contribution in [0, 0.1) is 29.1 Å². The number of hydrogen-bond acceptors (Lipinski definition) is 4. The molecule has 0 aromatic rings. The fourth-order valence-electron chi connectivity index (χ4n) is 5.65. The largest absolute Gasteiger partial charge is 0.382 e. The summed E-state index contributed by atoms with van der Waals surface area (Å²) in [6.07, 6.45) is 7.35. The summed E-state index contributed by atoms with van der Waals surface area (Å²) in [6.45, 7) is 17.3. The molecular weight excluding hydrogens is 364 g/mol. The third-order valence-corrected chi connectivity index (χ3v) is 7.36. The van der Waals surface area contributed by atoms with E-state index in [-0.39, 0.29) is 30.3 Å². The molecule has 5 atom stereocenters. The molecule has 0 aliphatic heterocycles. The van der Waals surface area contributed by atoms with Crippen molar-refractivity contribution in [3.05, 3.63) is 36.5 Å². The van der Waals surface area contributed by atoms with Gasteiger partial charge in [0.2, 0.25) is 0 Å². The average Bonchev–Trinajstić information content (AvgIpc) is 3.24. The van der Waals surface area contributed by atoms with E-state index in [9.17, 15) is 4.79 Å². The van der Waals surface area contributed by atoms with Crippen LogP contribution in [-0.2, 0) is 19.0 Å². The van der Waals surface area contributed by atoms with Crippen LogP contribution in [0.15, 0.2) is 36.5 Å². The highest BCUT2D eigenvalue weighted by Gasteiger charge is 2.58. The third-order valence-electron chi connectivity index (χ3n) is 7.36. The molecule has 0 saturated heterocycles. The van der Waals surface area contributed by atoms with Crippen molar-refractivity contribution in [2.45, 2.75) is 59.0 Å². The van der Waals surface area contributed by atoms with Crippen LogP contribution in [0.25, 0.3) is 0 Å². The second-order valence-corrected chi connectivity index (χ2v) is 9.32. The highest BCUT2D eigenvalue weighted by molar-refractivity contribution is 5.92. The van der Waals surface area contributed by atoms with Gasteiger partial charge in [-0.2, -0.15) is 0 Å². The Morgan fingerprint density at radius 1 is 1.21 bits per heavy atom. The molecule has 0 aromatic heterocycles. The van der Waals surface area contributed by atoms with E-state index in [4.69, 9.17) is 14.2 Å². The molecule has 0 aromatic carbocycles. The summed E-state index contributed by atoms with van der Waals surface area (Å²) < 4.78 is 17.1. The average molecular weight is 405 g/mol. The zero-order chi connectivity index (χ0) is 21.8. The van der Waals surface area contributed by atoms with Crippen LogP contribution in [0.2, 0.25) is 0 Å². The zero-order valence-corrected chi connectivity index (χ0v) is 19.3. The lowest BCUT2D eigenvalue weighted by atomic mass is 9.66. The zero-order valence-electron chi connectivity index (χ0n) is 19.3. The molecular formula is C25H40O4. The Hall–Kier alpha value is -1.23. The Labute approximate surface area is 177 Å². The molecule has 4 nitrogen and oxygen atoms in total. The quantitative estimate of drug-likeness (QED) is 0.344. The maximum atomic E-state index is 14.3. The number of methoxy groups -OCH3 is 2. The van der Waals surface area contributed by atoms with Gasteiger partial charge < -0.3 is 14.2 Å². The first-order chi connectivity index (χ1) is 13.7. The first-order valence-electron chi connectivity index (χ1n) is 10.9. The molecule has 4 heteroatoms.